The smallest absolute Gasteiger partial charge is 0.0468 e. The van der Waals surface area contributed by atoms with Crippen molar-refractivity contribution in [2.24, 2.45) is 5.92 Å². The molecule has 0 radical (unpaired) electrons. The first-order valence-electron chi connectivity index (χ1n) is 5.18. The third kappa shape index (κ3) is 4.40. The number of aliphatic hydroxyl groups is 1. The van der Waals surface area contributed by atoms with Gasteiger partial charge < -0.3 is 10.4 Å². The van der Waals surface area contributed by atoms with Crippen molar-refractivity contribution in [2.45, 2.75) is 13.3 Å². The Labute approximate surface area is 86.0 Å². The number of nitrogens with one attached hydrogen (secondary N) is 1. The molecule has 1 aromatic carbocycles. The molecule has 0 unspecified atom stereocenters. The van der Waals surface area contributed by atoms with Crippen LogP contribution in [0.3, 0.4) is 0 Å². The number of hydrogen-bond acceptors (Lipinski definition) is 2. The van der Waals surface area contributed by atoms with Crippen LogP contribution in [0.15, 0.2) is 30.3 Å². The molecule has 14 heavy (non-hydrogen) atoms. The highest BCUT2D eigenvalue weighted by molar-refractivity contribution is 5.14. The van der Waals surface area contributed by atoms with Gasteiger partial charge in [-0.2, -0.15) is 0 Å². The van der Waals surface area contributed by atoms with Crippen LogP contribution in [0.2, 0.25) is 0 Å². The SMILES string of the molecule is C[C@@H](CO)CNCCc1ccccc1. The molecule has 0 saturated heterocycles. The van der Waals surface area contributed by atoms with Gasteiger partial charge in [0.15, 0.2) is 0 Å². The van der Waals surface area contributed by atoms with Crippen molar-refractivity contribution in [2.75, 3.05) is 19.7 Å². The third-order valence-corrected chi connectivity index (χ3v) is 2.24. The highest BCUT2D eigenvalue weighted by Crippen LogP contribution is 1.98. The van der Waals surface area contributed by atoms with E-state index in [1.54, 1.807) is 0 Å². The number of hydrogen-bond donors (Lipinski definition) is 2. The molecule has 78 valence electrons. The summed E-state index contributed by atoms with van der Waals surface area (Å²) in [5, 5.41) is 12.1. The molecule has 0 amide bonds. The molecule has 0 aromatic heterocycles. The summed E-state index contributed by atoms with van der Waals surface area (Å²) < 4.78 is 0. The van der Waals surface area contributed by atoms with Crippen LogP contribution in [0.25, 0.3) is 0 Å². The van der Waals surface area contributed by atoms with E-state index in [1.165, 1.54) is 5.56 Å². The molecule has 1 atom stereocenters. The molecule has 0 fully saturated rings. The van der Waals surface area contributed by atoms with Gasteiger partial charge in [0.2, 0.25) is 0 Å². The van der Waals surface area contributed by atoms with Crippen molar-refractivity contribution < 1.29 is 5.11 Å². The normalized spacial score (nSPS) is 12.7. The summed E-state index contributed by atoms with van der Waals surface area (Å²) in [7, 11) is 0. The van der Waals surface area contributed by atoms with Crippen molar-refractivity contribution in [1.29, 1.82) is 0 Å². The van der Waals surface area contributed by atoms with Crippen LogP contribution in [-0.2, 0) is 6.42 Å². The molecular weight excluding hydrogens is 174 g/mol. The van der Waals surface area contributed by atoms with Gasteiger partial charge in [0.1, 0.15) is 0 Å². The molecule has 0 saturated carbocycles. The van der Waals surface area contributed by atoms with Crippen molar-refractivity contribution in [3.05, 3.63) is 35.9 Å². The molecule has 1 rings (SSSR count). The summed E-state index contributed by atoms with van der Waals surface area (Å²) in [6.45, 7) is 4.17. The fourth-order valence-corrected chi connectivity index (χ4v) is 1.29. The van der Waals surface area contributed by atoms with Gasteiger partial charge in [0.25, 0.3) is 0 Å². The lowest BCUT2D eigenvalue weighted by Gasteiger charge is -2.09. The van der Waals surface area contributed by atoms with Gasteiger partial charge in [0, 0.05) is 6.61 Å². The number of rotatable bonds is 6. The molecule has 0 bridgehead atoms. The van der Waals surface area contributed by atoms with Crippen molar-refractivity contribution >= 4 is 0 Å². The molecule has 0 aliphatic heterocycles. The molecule has 0 aliphatic rings. The fraction of sp³-hybridized carbons (Fsp3) is 0.500. The van der Waals surface area contributed by atoms with E-state index in [9.17, 15) is 0 Å². The maximum absolute atomic E-state index is 8.81. The predicted octanol–water partition coefficient (Wildman–Crippen LogP) is 1.45. The molecular formula is C12H19NO. The van der Waals surface area contributed by atoms with E-state index in [2.05, 4.69) is 29.6 Å². The van der Waals surface area contributed by atoms with Crippen LogP contribution < -0.4 is 5.32 Å². The Morgan fingerprint density at radius 3 is 2.64 bits per heavy atom. The van der Waals surface area contributed by atoms with E-state index in [0.29, 0.717) is 5.92 Å². The minimum absolute atomic E-state index is 0.262. The summed E-state index contributed by atoms with van der Waals surface area (Å²) in [6.07, 6.45) is 1.05. The lowest BCUT2D eigenvalue weighted by molar-refractivity contribution is 0.234. The summed E-state index contributed by atoms with van der Waals surface area (Å²) in [5.74, 6) is 0.353. The van der Waals surface area contributed by atoms with Gasteiger partial charge >= 0.3 is 0 Å². The highest BCUT2D eigenvalue weighted by Gasteiger charge is 1.98. The Morgan fingerprint density at radius 2 is 2.00 bits per heavy atom. The Bertz CT molecular complexity index is 235. The van der Waals surface area contributed by atoms with Crippen molar-refractivity contribution in [3.8, 4) is 0 Å². The van der Waals surface area contributed by atoms with Crippen LogP contribution in [0, 0.1) is 5.92 Å². The maximum atomic E-state index is 8.81. The number of aliphatic hydroxyl groups excluding tert-OH is 1. The van der Waals surface area contributed by atoms with Gasteiger partial charge in [-0.1, -0.05) is 37.3 Å². The largest absolute Gasteiger partial charge is 0.396 e. The second-order valence-electron chi connectivity index (χ2n) is 3.73. The lowest BCUT2D eigenvalue weighted by atomic mass is 10.1. The fourth-order valence-electron chi connectivity index (χ4n) is 1.29. The first-order chi connectivity index (χ1) is 6.83. The Balaban J connectivity index is 2.10. The second kappa shape index (κ2) is 6.57. The van der Waals surface area contributed by atoms with Crippen LogP contribution in [0.4, 0.5) is 0 Å². The summed E-state index contributed by atoms with van der Waals surface area (Å²) >= 11 is 0. The zero-order valence-corrected chi connectivity index (χ0v) is 8.74. The molecule has 2 N–H and O–H groups in total. The molecule has 2 nitrogen and oxygen atoms in total. The topological polar surface area (TPSA) is 32.3 Å². The molecule has 0 heterocycles. The van der Waals surface area contributed by atoms with E-state index in [1.807, 2.05) is 13.0 Å². The molecule has 2 heteroatoms. The maximum Gasteiger partial charge on any atom is 0.0468 e. The third-order valence-electron chi connectivity index (χ3n) is 2.24. The molecule has 0 aliphatic carbocycles. The van der Waals surface area contributed by atoms with Crippen LogP contribution >= 0.6 is 0 Å². The van der Waals surface area contributed by atoms with Gasteiger partial charge in [-0.3, -0.25) is 0 Å². The van der Waals surface area contributed by atoms with Gasteiger partial charge in [-0.15, -0.1) is 0 Å². The minimum atomic E-state index is 0.262. The Kier molecular flexibility index (Phi) is 5.27. The highest BCUT2D eigenvalue weighted by atomic mass is 16.3. The Morgan fingerprint density at radius 1 is 1.29 bits per heavy atom. The summed E-state index contributed by atoms with van der Waals surface area (Å²) in [4.78, 5) is 0. The van der Waals surface area contributed by atoms with E-state index >= 15 is 0 Å². The molecule has 0 spiro atoms. The lowest BCUT2D eigenvalue weighted by Crippen LogP contribution is -2.25. The monoisotopic (exact) mass is 193 g/mol. The van der Waals surface area contributed by atoms with Crippen LogP contribution in [0.1, 0.15) is 12.5 Å². The van der Waals surface area contributed by atoms with Gasteiger partial charge in [-0.05, 0) is 31.0 Å². The van der Waals surface area contributed by atoms with E-state index in [0.717, 1.165) is 19.5 Å². The predicted molar refractivity (Wildman–Crippen MR) is 59.3 cm³/mol. The summed E-state index contributed by atoms with van der Waals surface area (Å²) in [5.41, 5.74) is 1.36. The zero-order valence-electron chi connectivity index (χ0n) is 8.74. The standard InChI is InChI=1S/C12H19NO/c1-11(10-14)9-13-8-7-12-5-3-2-4-6-12/h2-6,11,13-14H,7-10H2,1H3/t11-/m1/s1. The van der Waals surface area contributed by atoms with E-state index < -0.39 is 0 Å². The quantitative estimate of drug-likeness (QED) is 0.670. The van der Waals surface area contributed by atoms with Crippen LogP contribution in [-0.4, -0.2) is 24.8 Å². The average molecular weight is 193 g/mol. The van der Waals surface area contributed by atoms with Crippen molar-refractivity contribution in [3.63, 3.8) is 0 Å². The van der Waals surface area contributed by atoms with Crippen LogP contribution in [0.5, 0.6) is 0 Å². The van der Waals surface area contributed by atoms with E-state index in [-0.39, 0.29) is 6.61 Å². The minimum Gasteiger partial charge on any atom is -0.396 e. The molecule has 1 aromatic rings. The van der Waals surface area contributed by atoms with Gasteiger partial charge in [0.05, 0.1) is 0 Å². The number of benzene rings is 1. The van der Waals surface area contributed by atoms with E-state index in [4.69, 9.17) is 5.11 Å². The first kappa shape index (κ1) is 11.2. The Hall–Kier alpha value is -0.860. The first-order valence-corrected chi connectivity index (χ1v) is 5.18. The second-order valence-corrected chi connectivity index (χ2v) is 3.73. The zero-order chi connectivity index (χ0) is 10.2. The van der Waals surface area contributed by atoms with Crippen molar-refractivity contribution in [1.82, 2.24) is 5.32 Å². The average Bonchev–Trinajstić information content (AvgIpc) is 2.25. The summed E-state index contributed by atoms with van der Waals surface area (Å²) in [6, 6.07) is 10.4. The van der Waals surface area contributed by atoms with Gasteiger partial charge in [-0.25, -0.2) is 0 Å².